The number of rotatable bonds is 5. The number of hydrogen-bond acceptors (Lipinski definition) is 4. The zero-order chi connectivity index (χ0) is 15.3. The van der Waals surface area contributed by atoms with Gasteiger partial charge in [-0.3, -0.25) is 4.79 Å². The lowest BCUT2D eigenvalue weighted by molar-refractivity contribution is -0.153. The third-order valence-electron chi connectivity index (χ3n) is 4.93. The highest BCUT2D eigenvalue weighted by Gasteiger charge is 2.47. The van der Waals surface area contributed by atoms with Crippen LogP contribution in [0.1, 0.15) is 44.9 Å². The molecular weight excluding hydrogens is 272 g/mol. The highest BCUT2D eigenvalue weighted by atomic mass is 16.5. The van der Waals surface area contributed by atoms with Crippen LogP contribution in [-0.4, -0.2) is 49.3 Å². The number of amides is 1. The van der Waals surface area contributed by atoms with Gasteiger partial charge in [0, 0.05) is 7.11 Å². The maximum Gasteiger partial charge on any atom is 0.329 e. The minimum atomic E-state index is -1.08. The second-order valence-electron chi connectivity index (χ2n) is 6.37. The molecule has 0 unspecified atom stereocenters. The Morgan fingerprint density at radius 3 is 2.29 bits per heavy atom. The summed E-state index contributed by atoms with van der Waals surface area (Å²) in [5, 5.41) is 15.7. The molecule has 1 aliphatic heterocycles. The largest absolute Gasteiger partial charge is 0.480 e. The lowest BCUT2D eigenvalue weighted by Crippen LogP contribution is -2.61. The average molecular weight is 298 g/mol. The first-order valence-electron chi connectivity index (χ1n) is 7.80. The van der Waals surface area contributed by atoms with Crippen LogP contribution in [0, 0.1) is 5.41 Å². The summed E-state index contributed by atoms with van der Waals surface area (Å²) in [6, 6.07) is 0. The van der Waals surface area contributed by atoms with E-state index >= 15 is 0 Å². The molecule has 21 heavy (non-hydrogen) atoms. The summed E-state index contributed by atoms with van der Waals surface area (Å²) in [5.74, 6) is -1.06. The number of methoxy groups -OCH3 is 1. The summed E-state index contributed by atoms with van der Waals surface area (Å²) in [5.41, 5.74) is -1.68. The van der Waals surface area contributed by atoms with E-state index in [9.17, 15) is 14.7 Å². The fourth-order valence-electron chi connectivity index (χ4n) is 3.52. The highest BCUT2D eigenvalue weighted by molar-refractivity contribution is 5.90. The van der Waals surface area contributed by atoms with Gasteiger partial charge in [-0.2, -0.15) is 0 Å². The predicted octanol–water partition coefficient (Wildman–Crippen LogP) is 0.906. The molecule has 0 spiro atoms. The standard InChI is InChI=1S/C15H26N2O4/c1-21-11-14(7-9-16-10-8-14)12(18)17-15(13(19)20)5-3-2-4-6-15/h16H,2-11H2,1H3,(H,17,18)(H,19,20). The molecule has 0 radical (unpaired) electrons. The molecule has 2 rings (SSSR count). The molecule has 0 aromatic carbocycles. The summed E-state index contributed by atoms with van der Waals surface area (Å²) >= 11 is 0. The molecule has 6 nitrogen and oxygen atoms in total. The summed E-state index contributed by atoms with van der Waals surface area (Å²) < 4.78 is 5.25. The lowest BCUT2D eigenvalue weighted by Gasteiger charge is -2.40. The van der Waals surface area contributed by atoms with Gasteiger partial charge in [-0.05, 0) is 38.8 Å². The molecule has 1 amide bonds. The zero-order valence-corrected chi connectivity index (χ0v) is 12.7. The Hall–Kier alpha value is -1.14. The van der Waals surface area contributed by atoms with Gasteiger partial charge in [0.25, 0.3) is 0 Å². The van der Waals surface area contributed by atoms with Crippen molar-refractivity contribution < 1.29 is 19.4 Å². The molecule has 1 saturated carbocycles. The van der Waals surface area contributed by atoms with Crippen LogP contribution in [0.15, 0.2) is 0 Å². The summed E-state index contributed by atoms with van der Waals surface area (Å²) in [6.07, 6.45) is 5.16. The van der Waals surface area contributed by atoms with Crippen molar-refractivity contribution in [1.29, 1.82) is 0 Å². The van der Waals surface area contributed by atoms with E-state index in [1.807, 2.05) is 0 Å². The highest BCUT2D eigenvalue weighted by Crippen LogP contribution is 2.33. The summed E-state index contributed by atoms with van der Waals surface area (Å²) in [4.78, 5) is 24.5. The van der Waals surface area contributed by atoms with E-state index in [1.54, 1.807) is 7.11 Å². The Morgan fingerprint density at radius 2 is 1.76 bits per heavy atom. The van der Waals surface area contributed by atoms with E-state index in [-0.39, 0.29) is 5.91 Å². The van der Waals surface area contributed by atoms with Crippen LogP contribution in [0.4, 0.5) is 0 Å². The van der Waals surface area contributed by atoms with Gasteiger partial charge in [0.15, 0.2) is 0 Å². The van der Waals surface area contributed by atoms with E-state index in [4.69, 9.17) is 4.74 Å². The molecule has 1 heterocycles. The predicted molar refractivity (Wildman–Crippen MR) is 78.0 cm³/mol. The van der Waals surface area contributed by atoms with Crippen molar-refractivity contribution >= 4 is 11.9 Å². The minimum Gasteiger partial charge on any atom is -0.480 e. The van der Waals surface area contributed by atoms with Gasteiger partial charge in [-0.1, -0.05) is 19.3 Å². The fraction of sp³-hybridized carbons (Fsp3) is 0.867. The zero-order valence-electron chi connectivity index (χ0n) is 12.7. The normalized spacial score (nSPS) is 24.2. The van der Waals surface area contributed by atoms with Crippen molar-refractivity contribution in [2.24, 2.45) is 5.41 Å². The molecule has 0 atom stereocenters. The maximum atomic E-state index is 12.8. The second-order valence-corrected chi connectivity index (χ2v) is 6.37. The second kappa shape index (κ2) is 6.75. The Balaban J connectivity index is 2.14. The molecule has 120 valence electrons. The molecule has 2 aliphatic rings. The van der Waals surface area contributed by atoms with Crippen LogP contribution >= 0.6 is 0 Å². The Kier molecular flexibility index (Phi) is 5.22. The van der Waals surface area contributed by atoms with E-state index in [0.29, 0.717) is 32.3 Å². The molecule has 2 fully saturated rings. The SMILES string of the molecule is COCC1(C(=O)NC2(C(=O)O)CCCCC2)CCNCC1. The molecule has 1 aliphatic carbocycles. The van der Waals surface area contributed by atoms with Crippen molar-refractivity contribution in [3.05, 3.63) is 0 Å². The molecular formula is C15H26N2O4. The first kappa shape index (κ1) is 16.2. The quantitative estimate of drug-likeness (QED) is 0.702. The van der Waals surface area contributed by atoms with Gasteiger partial charge >= 0.3 is 5.97 Å². The van der Waals surface area contributed by atoms with Gasteiger partial charge in [-0.15, -0.1) is 0 Å². The monoisotopic (exact) mass is 298 g/mol. The minimum absolute atomic E-state index is 0.157. The topological polar surface area (TPSA) is 87.7 Å². The van der Waals surface area contributed by atoms with Crippen molar-refractivity contribution in [3.8, 4) is 0 Å². The van der Waals surface area contributed by atoms with E-state index in [2.05, 4.69) is 10.6 Å². The number of piperidine rings is 1. The third kappa shape index (κ3) is 3.37. The van der Waals surface area contributed by atoms with Gasteiger partial charge in [0.2, 0.25) is 5.91 Å². The number of carboxylic acid groups (broad SMARTS) is 1. The number of carbonyl (C=O) groups excluding carboxylic acids is 1. The van der Waals surface area contributed by atoms with Gasteiger partial charge in [-0.25, -0.2) is 4.79 Å². The van der Waals surface area contributed by atoms with Gasteiger partial charge < -0.3 is 20.5 Å². The number of nitrogens with one attached hydrogen (secondary N) is 2. The molecule has 6 heteroatoms. The molecule has 0 aromatic rings. The number of aliphatic carboxylic acids is 1. The number of carboxylic acids is 1. The van der Waals surface area contributed by atoms with Crippen molar-refractivity contribution in [2.45, 2.75) is 50.5 Å². The Labute approximate surface area is 125 Å². The number of carbonyl (C=O) groups is 2. The Morgan fingerprint density at radius 1 is 1.14 bits per heavy atom. The van der Waals surface area contributed by atoms with E-state index in [1.165, 1.54) is 0 Å². The molecule has 0 aromatic heterocycles. The number of hydrogen-bond donors (Lipinski definition) is 3. The first-order chi connectivity index (χ1) is 10.0. The van der Waals surface area contributed by atoms with Gasteiger partial charge in [0.1, 0.15) is 5.54 Å². The maximum absolute atomic E-state index is 12.8. The van der Waals surface area contributed by atoms with Crippen molar-refractivity contribution in [1.82, 2.24) is 10.6 Å². The Bertz CT molecular complexity index is 380. The average Bonchev–Trinajstić information content (AvgIpc) is 2.49. The third-order valence-corrected chi connectivity index (χ3v) is 4.93. The number of ether oxygens (including phenoxy) is 1. The van der Waals surface area contributed by atoms with Crippen LogP contribution < -0.4 is 10.6 Å². The fourth-order valence-corrected chi connectivity index (χ4v) is 3.52. The summed E-state index contributed by atoms with van der Waals surface area (Å²) in [6.45, 7) is 1.86. The van der Waals surface area contributed by atoms with Crippen LogP contribution in [0.25, 0.3) is 0 Å². The molecule has 0 bridgehead atoms. The van der Waals surface area contributed by atoms with E-state index < -0.39 is 16.9 Å². The first-order valence-corrected chi connectivity index (χ1v) is 7.80. The van der Waals surface area contributed by atoms with Crippen molar-refractivity contribution in [3.63, 3.8) is 0 Å². The smallest absolute Gasteiger partial charge is 0.329 e. The lowest BCUT2D eigenvalue weighted by atomic mass is 9.76. The van der Waals surface area contributed by atoms with Crippen LogP contribution in [0.2, 0.25) is 0 Å². The summed E-state index contributed by atoms with van der Waals surface area (Å²) in [7, 11) is 1.59. The van der Waals surface area contributed by atoms with Crippen LogP contribution in [0.3, 0.4) is 0 Å². The van der Waals surface area contributed by atoms with E-state index in [0.717, 1.165) is 32.4 Å². The van der Waals surface area contributed by atoms with Crippen LogP contribution in [0.5, 0.6) is 0 Å². The van der Waals surface area contributed by atoms with Gasteiger partial charge in [0.05, 0.1) is 12.0 Å². The molecule has 1 saturated heterocycles. The van der Waals surface area contributed by atoms with Crippen molar-refractivity contribution in [2.75, 3.05) is 26.8 Å². The van der Waals surface area contributed by atoms with Crippen LogP contribution in [-0.2, 0) is 14.3 Å². The molecule has 3 N–H and O–H groups in total.